The molecule has 1 heterocycles. The molecule has 0 fully saturated rings. The van der Waals surface area contributed by atoms with Crippen LogP contribution in [0.15, 0.2) is 41.0 Å². The van der Waals surface area contributed by atoms with E-state index in [1.54, 1.807) is 31.6 Å². The average molecular weight is 296 g/mol. The van der Waals surface area contributed by atoms with E-state index in [4.69, 9.17) is 20.8 Å². The topological polar surface area (TPSA) is 54.6 Å². The smallest absolute Gasteiger partial charge is 0.133 e. The summed E-state index contributed by atoms with van der Waals surface area (Å²) in [5.41, 5.74) is 0.951. The van der Waals surface area contributed by atoms with Crippen molar-refractivity contribution < 1.29 is 14.3 Å². The molecule has 108 valence electrons. The van der Waals surface area contributed by atoms with Crippen molar-refractivity contribution in [1.29, 1.82) is 0 Å². The van der Waals surface area contributed by atoms with Crippen molar-refractivity contribution in [2.24, 2.45) is 0 Å². The zero-order valence-electron chi connectivity index (χ0n) is 11.5. The van der Waals surface area contributed by atoms with Crippen LogP contribution in [-0.4, -0.2) is 18.8 Å². The van der Waals surface area contributed by atoms with E-state index < -0.39 is 6.10 Å². The summed E-state index contributed by atoms with van der Waals surface area (Å²) in [6.07, 6.45) is 0.861. The summed E-state index contributed by atoms with van der Waals surface area (Å²) in [5.74, 6) is 1.31. The Kier molecular flexibility index (Phi) is 5.06. The number of aliphatic hydroxyl groups excluding tert-OH is 1. The lowest BCUT2D eigenvalue weighted by Crippen LogP contribution is -2.24. The standard InChI is InChI=1S/C15H18ClNO3/c1-10(12-8-11(16)5-6-14(12)19-2)17-9-13(18)15-4-3-7-20-15/h3-8,10,13,17-18H,9H2,1-2H3/t10-,13-/m0/s1. The van der Waals surface area contributed by atoms with Crippen LogP contribution in [0.3, 0.4) is 0 Å². The summed E-state index contributed by atoms with van der Waals surface area (Å²) < 4.78 is 10.5. The van der Waals surface area contributed by atoms with Crippen LogP contribution in [0, 0.1) is 0 Å². The van der Waals surface area contributed by atoms with Gasteiger partial charge in [-0.05, 0) is 37.3 Å². The lowest BCUT2D eigenvalue weighted by Gasteiger charge is -2.19. The number of hydrogen-bond acceptors (Lipinski definition) is 4. The van der Waals surface area contributed by atoms with Gasteiger partial charge in [0, 0.05) is 23.2 Å². The third-order valence-corrected chi connectivity index (χ3v) is 3.38. The maximum absolute atomic E-state index is 9.97. The number of methoxy groups -OCH3 is 1. The SMILES string of the molecule is COc1ccc(Cl)cc1[C@H](C)NC[C@H](O)c1ccco1. The van der Waals surface area contributed by atoms with Gasteiger partial charge in [-0.1, -0.05) is 11.6 Å². The molecule has 0 aliphatic carbocycles. The van der Waals surface area contributed by atoms with E-state index in [-0.39, 0.29) is 6.04 Å². The summed E-state index contributed by atoms with van der Waals surface area (Å²) in [7, 11) is 1.62. The molecular formula is C15H18ClNO3. The van der Waals surface area contributed by atoms with Crippen LogP contribution in [0.2, 0.25) is 5.02 Å². The third-order valence-electron chi connectivity index (χ3n) is 3.15. The maximum Gasteiger partial charge on any atom is 0.133 e. The molecule has 2 N–H and O–H groups in total. The zero-order chi connectivity index (χ0) is 14.5. The molecular weight excluding hydrogens is 278 g/mol. The molecule has 0 bridgehead atoms. The van der Waals surface area contributed by atoms with E-state index in [2.05, 4.69) is 5.32 Å². The molecule has 0 aliphatic rings. The lowest BCUT2D eigenvalue weighted by molar-refractivity contribution is 0.144. The van der Waals surface area contributed by atoms with Crippen molar-refractivity contribution in [2.45, 2.75) is 19.1 Å². The molecule has 2 aromatic rings. The van der Waals surface area contributed by atoms with Crippen molar-refractivity contribution in [3.63, 3.8) is 0 Å². The van der Waals surface area contributed by atoms with Gasteiger partial charge in [0.1, 0.15) is 17.6 Å². The van der Waals surface area contributed by atoms with Crippen LogP contribution in [0.1, 0.15) is 30.4 Å². The van der Waals surface area contributed by atoms with Gasteiger partial charge < -0.3 is 19.6 Å². The second-order valence-electron chi connectivity index (χ2n) is 4.55. The Labute approximate surface area is 123 Å². The summed E-state index contributed by atoms with van der Waals surface area (Å²) >= 11 is 6.01. The van der Waals surface area contributed by atoms with Gasteiger partial charge in [-0.15, -0.1) is 0 Å². The first-order valence-corrected chi connectivity index (χ1v) is 6.78. The number of nitrogens with one attached hydrogen (secondary N) is 1. The minimum atomic E-state index is -0.683. The van der Waals surface area contributed by atoms with Crippen molar-refractivity contribution >= 4 is 11.6 Å². The number of rotatable bonds is 6. The predicted molar refractivity (Wildman–Crippen MR) is 78.1 cm³/mol. The van der Waals surface area contributed by atoms with Crippen LogP contribution in [0.5, 0.6) is 5.75 Å². The van der Waals surface area contributed by atoms with Crippen LogP contribution in [-0.2, 0) is 0 Å². The van der Waals surface area contributed by atoms with Gasteiger partial charge in [0.15, 0.2) is 0 Å². The average Bonchev–Trinajstić information content (AvgIpc) is 2.98. The van der Waals surface area contributed by atoms with Crippen molar-refractivity contribution in [1.82, 2.24) is 5.32 Å². The van der Waals surface area contributed by atoms with E-state index in [0.717, 1.165) is 11.3 Å². The highest BCUT2D eigenvalue weighted by Gasteiger charge is 2.15. The Hall–Kier alpha value is -1.49. The number of furan rings is 1. The third kappa shape index (κ3) is 3.54. The number of aliphatic hydroxyl groups is 1. The molecule has 5 heteroatoms. The second kappa shape index (κ2) is 6.79. The monoisotopic (exact) mass is 295 g/mol. The van der Waals surface area contributed by atoms with Gasteiger partial charge in [0.2, 0.25) is 0 Å². The minimum Gasteiger partial charge on any atom is -0.496 e. The Balaban J connectivity index is 2.01. The zero-order valence-corrected chi connectivity index (χ0v) is 12.2. The molecule has 1 aromatic carbocycles. The van der Waals surface area contributed by atoms with E-state index in [9.17, 15) is 5.11 Å². The molecule has 20 heavy (non-hydrogen) atoms. The van der Waals surface area contributed by atoms with Crippen molar-refractivity contribution in [3.05, 3.63) is 52.9 Å². The lowest BCUT2D eigenvalue weighted by atomic mass is 10.1. The molecule has 4 nitrogen and oxygen atoms in total. The molecule has 0 aliphatic heterocycles. The quantitative estimate of drug-likeness (QED) is 0.858. The van der Waals surface area contributed by atoms with Gasteiger partial charge in [-0.3, -0.25) is 0 Å². The largest absolute Gasteiger partial charge is 0.496 e. The Morgan fingerprint density at radius 2 is 2.20 bits per heavy atom. The van der Waals surface area contributed by atoms with E-state index in [0.29, 0.717) is 17.3 Å². The fourth-order valence-corrected chi connectivity index (χ4v) is 2.20. The molecule has 0 saturated heterocycles. The van der Waals surface area contributed by atoms with Crippen LogP contribution >= 0.6 is 11.6 Å². The van der Waals surface area contributed by atoms with E-state index in [1.165, 1.54) is 0 Å². The van der Waals surface area contributed by atoms with Gasteiger partial charge in [0.25, 0.3) is 0 Å². The first-order chi connectivity index (χ1) is 9.61. The minimum absolute atomic E-state index is 0.00624. The summed E-state index contributed by atoms with van der Waals surface area (Å²) in [6, 6.07) is 8.97. The Morgan fingerprint density at radius 1 is 1.40 bits per heavy atom. The Bertz CT molecular complexity index is 542. The molecule has 2 atom stereocenters. The van der Waals surface area contributed by atoms with Crippen molar-refractivity contribution in [2.75, 3.05) is 13.7 Å². The van der Waals surface area contributed by atoms with Crippen LogP contribution in [0.25, 0.3) is 0 Å². The summed E-state index contributed by atoms with van der Waals surface area (Å²) in [6.45, 7) is 2.37. The van der Waals surface area contributed by atoms with Gasteiger partial charge in [0.05, 0.1) is 13.4 Å². The fourth-order valence-electron chi connectivity index (χ4n) is 2.02. The fraction of sp³-hybridized carbons (Fsp3) is 0.333. The number of ether oxygens (including phenoxy) is 1. The first kappa shape index (κ1) is 14.9. The van der Waals surface area contributed by atoms with Crippen molar-refractivity contribution in [3.8, 4) is 5.75 Å². The van der Waals surface area contributed by atoms with E-state index in [1.807, 2.05) is 19.1 Å². The maximum atomic E-state index is 9.97. The van der Waals surface area contributed by atoms with E-state index >= 15 is 0 Å². The second-order valence-corrected chi connectivity index (χ2v) is 4.98. The van der Waals surface area contributed by atoms with Crippen LogP contribution < -0.4 is 10.1 Å². The highest BCUT2D eigenvalue weighted by atomic mass is 35.5. The summed E-state index contributed by atoms with van der Waals surface area (Å²) in [5, 5.41) is 13.9. The number of halogens is 1. The Morgan fingerprint density at radius 3 is 2.85 bits per heavy atom. The molecule has 1 aromatic heterocycles. The number of benzene rings is 1. The molecule has 0 unspecified atom stereocenters. The van der Waals surface area contributed by atoms with Gasteiger partial charge >= 0.3 is 0 Å². The number of hydrogen-bond donors (Lipinski definition) is 2. The van der Waals surface area contributed by atoms with Crippen LogP contribution in [0.4, 0.5) is 0 Å². The van der Waals surface area contributed by atoms with Gasteiger partial charge in [-0.2, -0.15) is 0 Å². The molecule has 0 spiro atoms. The molecule has 0 radical (unpaired) electrons. The molecule has 0 amide bonds. The first-order valence-electron chi connectivity index (χ1n) is 6.40. The highest BCUT2D eigenvalue weighted by molar-refractivity contribution is 6.30. The summed E-state index contributed by atoms with van der Waals surface area (Å²) in [4.78, 5) is 0. The van der Waals surface area contributed by atoms with Gasteiger partial charge in [-0.25, -0.2) is 0 Å². The predicted octanol–water partition coefficient (Wildman–Crippen LogP) is 3.33. The normalized spacial score (nSPS) is 14.0. The highest BCUT2D eigenvalue weighted by Crippen LogP contribution is 2.28. The molecule has 2 rings (SSSR count). The molecule has 0 saturated carbocycles.